The van der Waals surface area contributed by atoms with Crippen LogP contribution in [0, 0.1) is 5.92 Å². The third-order valence-electron chi connectivity index (χ3n) is 6.46. The number of carbonyl (C=O) groups is 4. The van der Waals surface area contributed by atoms with E-state index in [-0.39, 0.29) is 11.7 Å². The molecule has 0 fully saturated rings. The molecule has 3 rings (SSSR count). The number of nitrogens with two attached hydrogens (primary N) is 1. The summed E-state index contributed by atoms with van der Waals surface area (Å²) in [4.78, 5) is 58.4. The van der Waals surface area contributed by atoms with Crippen LogP contribution in [0.3, 0.4) is 0 Å². The number of carboxylic acid groups (broad SMARTS) is 1. The quantitative estimate of drug-likeness (QED) is 0.261. The molecule has 0 spiro atoms. The molecule has 5 N–H and O–H groups in total. The molecule has 11 nitrogen and oxygen atoms in total. The van der Waals surface area contributed by atoms with Crippen molar-refractivity contribution in [3.05, 3.63) is 47.7 Å². The lowest BCUT2D eigenvalue weighted by molar-refractivity contribution is -0.147. The number of nitrogens with one attached hydrogen (secondary N) is 1. The minimum Gasteiger partial charge on any atom is -0.480 e. The summed E-state index contributed by atoms with van der Waals surface area (Å²) in [6.45, 7) is 0.721. The van der Waals surface area contributed by atoms with Gasteiger partial charge in [-0.1, -0.05) is 30.4 Å². The lowest BCUT2D eigenvalue weighted by Crippen LogP contribution is -2.55. The predicted octanol–water partition coefficient (Wildman–Crippen LogP) is -0.00220. The summed E-state index contributed by atoms with van der Waals surface area (Å²) in [6, 6.07) is -2.51. The summed E-state index contributed by atoms with van der Waals surface area (Å²) in [7, 11) is 1.43. The molecule has 0 aromatic carbocycles. The highest BCUT2D eigenvalue weighted by Crippen LogP contribution is 2.34. The van der Waals surface area contributed by atoms with Crippen LogP contribution in [0.4, 0.5) is 0 Å². The van der Waals surface area contributed by atoms with Crippen LogP contribution in [0.2, 0.25) is 0 Å². The van der Waals surface area contributed by atoms with E-state index in [1.807, 2.05) is 24.3 Å². The molecule has 200 valence electrons. The van der Waals surface area contributed by atoms with Crippen LogP contribution in [0.25, 0.3) is 0 Å². The van der Waals surface area contributed by atoms with Gasteiger partial charge in [-0.15, -0.1) is 0 Å². The number of hydrogen-bond acceptors (Lipinski definition) is 8. The number of carboxylic acids is 1. The predicted molar refractivity (Wildman–Crippen MR) is 141 cm³/mol. The summed E-state index contributed by atoms with van der Waals surface area (Å²) in [5, 5.41) is 21.4. The second-order valence-electron chi connectivity index (χ2n) is 9.14. The van der Waals surface area contributed by atoms with Crippen molar-refractivity contribution in [3.63, 3.8) is 0 Å². The molecular weight excluding hydrogens is 498 g/mol. The van der Waals surface area contributed by atoms with Crippen molar-refractivity contribution in [2.24, 2.45) is 16.6 Å². The number of fused-ring (bicyclic) bond motifs is 1. The highest BCUT2D eigenvalue weighted by atomic mass is 32.1. The van der Waals surface area contributed by atoms with Gasteiger partial charge < -0.3 is 31.1 Å². The van der Waals surface area contributed by atoms with Gasteiger partial charge in [0.1, 0.15) is 6.54 Å². The van der Waals surface area contributed by atoms with Crippen molar-refractivity contribution in [1.82, 2.24) is 15.1 Å². The van der Waals surface area contributed by atoms with Gasteiger partial charge in [-0.2, -0.15) is 12.6 Å². The zero-order valence-electron chi connectivity index (χ0n) is 20.8. The van der Waals surface area contributed by atoms with Gasteiger partial charge in [0.25, 0.3) is 5.91 Å². The molecular formula is C25H33N5O6S. The molecule has 3 amide bonds. The first kappa shape index (κ1) is 28.4. The molecule has 12 heteroatoms. The summed E-state index contributed by atoms with van der Waals surface area (Å²) in [5.74, 6) is -3.64. The first-order valence-corrected chi connectivity index (χ1v) is 12.6. The number of aliphatic hydroxyl groups is 1. The molecule has 0 saturated carbocycles. The van der Waals surface area contributed by atoms with E-state index in [0.29, 0.717) is 24.3 Å². The van der Waals surface area contributed by atoms with E-state index < -0.39 is 54.6 Å². The van der Waals surface area contributed by atoms with Gasteiger partial charge in [-0.3, -0.25) is 19.4 Å². The van der Waals surface area contributed by atoms with E-state index in [1.165, 1.54) is 18.9 Å². The lowest BCUT2D eigenvalue weighted by atomic mass is 9.84. The number of hydrogen-bond donors (Lipinski definition) is 5. The zero-order valence-corrected chi connectivity index (χ0v) is 21.7. The maximum absolute atomic E-state index is 13.9. The van der Waals surface area contributed by atoms with Gasteiger partial charge in [0.15, 0.2) is 6.04 Å². The number of amides is 3. The molecule has 3 unspecified atom stereocenters. The van der Waals surface area contributed by atoms with Crippen molar-refractivity contribution >= 4 is 42.0 Å². The standard InChI is InChI=1S/C25H33N5O6S/c1-14(31)20(25(35)36)27-19(32)12-30-18-11-7-6-10-16(18)21(15-8-4-3-5-9-15)28-22(24(30)34)29(2)23(33)17(26)13-37/h3-4,6-8,11,14,16-17,20,22,31,37H,5,9-10,12-13,26H2,1-2H3,(H,27,32)(H,35,36)/t14?,16?,17-,20-,22?/m0/s1. The van der Waals surface area contributed by atoms with E-state index >= 15 is 0 Å². The molecule has 1 aliphatic heterocycles. The Kier molecular flexibility index (Phi) is 9.46. The molecule has 37 heavy (non-hydrogen) atoms. The van der Waals surface area contributed by atoms with Crippen LogP contribution in [-0.4, -0.2) is 93.1 Å². The maximum Gasteiger partial charge on any atom is 0.328 e. The molecule has 0 aromatic heterocycles. The maximum atomic E-state index is 13.9. The second-order valence-corrected chi connectivity index (χ2v) is 9.51. The molecule has 0 saturated heterocycles. The smallest absolute Gasteiger partial charge is 0.328 e. The van der Waals surface area contributed by atoms with Crippen molar-refractivity contribution in [3.8, 4) is 0 Å². The van der Waals surface area contributed by atoms with Crippen LogP contribution in [0.5, 0.6) is 0 Å². The SMILES string of the molecule is CC(O)[C@H](NC(=O)CN1C(=O)C(N(C)C(=O)[C@@H](N)CS)N=C(C2=CC=CCC2)C2CC=CC=C21)C(=O)O. The van der Waals surface area contributed by atoms with Gasteiger partial charge in [-0.05, 0) is 37.8 Å². The fourth-order valence-corrected chi connectivity index (χ4v) is 4.60. The summed E-state index contributed by atoms with van der Waals surface area (Å²) < 4.78 is 0. The minimum atomic E-state index is -1.55. The number of aliphatic carboxylic acids is 1. The van der Waals surface area contributed by atoms with Crippen LogP contribution in [0.1, 0.15) is 26.2 Å². The van der Waals surface area contributed by atoms with E-state index in [9.17, 15) is 29.4 Å². The Morgan fingerprint density at radius 1 is 1.30 bits per heavy atom. The Balaban J connectivity index is 2.05. The number of thiol groups is 1. The average molecular weight is 532 g/mol. The number of aliphatic imine (C=N–C) groups is 1. The van der Waals surface area contributed by atoms with Gasteiger partial charge in [0, 0.05) is 24.4 Å². The van der Waals surface area contributed by atoms with Crippen LogP contribution in [-0.2, 0) is 19.2 Å². The van der Waals surface area contributed by atoms with Gasteiger partial charge in [0.2, 0.25) is 18.0 Å². The summed E-state index contributed by atoms with van der Waals surface area (Å²) >= 11 is 4.09. The first-order valence-electron chi connectivity index (χ1n) is 12.0. The highest BCUT2D eigenvalue weighted by Gasteiger charge is 2.42. The first-order chi connectivity index (χ1) is 17.6. The Hall–Kier alpha value is -3.22. The molecule has 0 radical (unpaired) electrons. The third kappa shape index (κ3) is 6.38. The number of likely N-dealkylation sites (N-methyl/N-ethyl adjacent to an activating group) is 1. The normalized spacial score (nSPS) is 23.5. The Morgan fingerprint density at radius 3 is 2.59 bits per heavy atom. The largest absolute Gasteiger partial charge is 0.480 e. The van der Waals surface area contributed by atoms with Crippen molar-refractivity contribution < 1.29 is 29.4 Å². The number of rotatable bonds is 9. The molecule has 3 aliphatic rings. The fraction of sp³-hybridized carbons (Fsp3) is 0.480. The molecule has 0 bridgehead atoms. The molecule has 5 atom stereocenters. The van der Waals surface area contributed by atoms with Gasteiger partial charge in [-0.25, -0.2) is 4.79 Å². The lowest BCUT2D eigenvalue weighted by Gasteiger charge is -2.32. The number of aliphatic hydroxyl groups excluding tert-OH is 1. The fourth-order valence-electron chi connectivity index (χ4n) is 4.45. The second kappa shape index (κ2) is 12.3. The minimum absolute atomic E-state index is 0.0658. The van der Waals surface area contributed by atoms with Crippen molar-refractivity contribution in [2.45, 2.75) is 50.5 Å². The molecule has 2 aliphatic carbocycles. The number of allylic oxidation sites excluding steroid dienone is 8. The van der Waals surface area contributed by atoms with Crippen molar-refractivity contribution in [1.29, 1.82) is 0 Å². The Labute approximate surface area is 220 Å². The van der Waals surface area contributed by atoms with Gasteiger partial charge in [0.05, 0.1) is 17.9 Å². The van der Waals surface area contributed by atoms with E-state index in [0.717, 1.165) is 16.9 Å². The van der Waals surface area contributed by atoms with E-state index in [1.54, 1.807) is 12.2 Å². The van der Waals surface area contributed by atoms with E-state index in [2.05, 4.69) is 17.9 Å². The average Bonchev–Trinajstić information content (AvgIpc) is 3.01. The van der Waals surface area contributed by atoms with Crippen LogP contribution < -0.4 is 11.1 Å². The van der Waals surface area contributed by atoms with Crippen LogP contribution >= 0.6 is 12.6 Å². The Morgan fingerprint density at radius 2 is 2.00 bits per heavy atom. The molecule has 0 aromatic rings. The summed E-state index contributed by atoms with van der Waals surface area (Å²) in [6.07, 6.45) is 10.7. The van der Waals surface area contributed by atoms with Crippen LogP contribution in [0.15, 0.2) is 52.7 Å². The summed E-state index contributed by atoms with van der Waals surface area (Å²) in [5.41, 5.74) is 7.99. The Bertz CT molecular complexity index is 1100. The van der Waals surface area contributed by atoms with Gasteiger partial charge >= 0.3 is 5.97 Å². The van der Waals surface area contributed by atoms with Crippen molar-refractivity contribution in [2.75, 3.05) is 19.3 Å². The molecule has 1 heterocycles. The third-order valence-corrected chi connectivity index (χ3v) is 6.85. The number of nitrogens with zero attached hydrogens (tertiary/aromatic N) is 3. The number of carbonyl (C=O) groups excluding carboxylic acids is 3. The highest BCUT2D eigenvalue weighted by molar-refractivity contribution is 7.80. The monoisotopic (exact) mass is 531 g/mol. The van der Waals surface area contributed by atoms with E-state index in [4.69, 9.17) is 10.7 Å². The topological polar surface area (TPSA) is 166 Å². The zero-order chi connectivity index (χ0) is 27.3.